The first-order chi connectivity index (χ1) is 12.3. The van der Waals surface area contributed by atoms with Gasteiger partial charge in [0.05, 0.1) is 0 Å². The molecule has 138 valence electrons. The minimum atomic E-state index is -0.692. The van der Waals surface area contributed by atoms with E-state index in [1.165, 1.54) is 18.2 Å². The van der Waals surface area contributed by atoms with E-state index in [0.717, 1.165) is 5.57 Å². The van der Waals surface area contributed by atoms with E-state index in [4.69, 9.17) is 4.74 Å². The van der Waals surface area contributed by atoms with Crippen molar-refractivity contribution in [1.29, 1.82) is 0 Å². The number of phenols is 2. The third kappa shape index (κ3) is 5.09. The molecule has 0 aliphatic carbocycles. The molecule has 1 heterocycles. The number of cyclic esters (lactones) is 1. The van der Waals surface area contributed by atoms with E-state index in [1.54, 1.807) is 13.0 Å². The lowest BCUT2D eigenvalue weighted by molar-refractivity contribution is -0.140. The fourth-order valence-corrected chi connectivity index (χ4v) is 2.68. The molecular weight excluding hydrogens is 332 g/mol. The maximum Gasteiger partial charge on any atom is 0.334 e. The van der Waals surface area contributed by atoms with E-state index in [-0.39, 0.29) is 17.3 Å². The highest BCUT2D eigenvalue weighted by Crippen LogP contribution is 2.36. The summed E-state index contributed by atoms with van der Waals surface area (Å²) in [4.78, 5) is 23.6. The van der Waals surface area contributed by atoms with Crippen LogP contribution in [0.3, 0.4) is 0 Å². The Morgan fingerprint density at radius 3 is 2.69 bits per heavy atom. The lowest BCUT2D eigenvalue weighted by Crippen LogP contribution is -2.02. The molecule has 1 aliphatic heterocycles. The molecule has 5 nitrogen and oxygen atoms in total. The smallest absolute Gasteiger partial charge is 0.334 e. The van der Waals surface area contributed by atoms with Crippen molar-refractivity contribution in [1.82, 2.24) is 0 Å². The summed E-state index contributed by atoms with van der Waals surface area (Å²) in [5, 5.41) is 19.4. The van der Waals surface area contributed by atoms with Crippen LogP contribution in [0.4, 0.5) is 0 Å². The summed E-state index contributed by atoms with van der Waals surface area (Å²) >= 11 is 0. The summed E-state index contributed by atoms with van der Waals surface area (Å²) < 4.78 is 5.28. The number of benzene rings is 1. The van der Waals surface area contributed by atoms with Gasteiger partial charge in [-0.3, -0.25) is 4.79 Å². The van der Waals surface area contributed by atoms with E-state index < -0.39 is 12.1 Å². The molecule has 1 aromatic carbocycles. The van der Waals surface area contributed by atoms with Crippen LogP contribution in [0.5, 0.6) is 11.5 Å². The summed E-state index contributed by atoms with van der Waals surface area (Å²) in [6.07, 6.45) is 5.29. The van der Waals surface area contributed by atoms with Crippen LogP contribution >= 0.6 is 0 Å². The lowest BCUT2D eigenvalue weighted by Gasteiger charge is -2.10. The molecule has 0 amide bonds. The predicted molar refractivity (Wildman–Crippen MR) is 98.7 cm³/mol. The summed E-state index contributed by atoms with van der Waals surface area (Å²) in [6.45, 7) is 7.31. The Balaban J connectivity index is 1.94. The first-order valence-corrected chi connectivity index (χ1v) is 8.56. The van der Waals surface area contributed by atoms with E-state index in [1.807, 2.05) is 13.0 Å². The number of rotatable bonds is 8. The molecule has 0 saturated carbocycles. The van der Waals surface area contributed by atoms with Gasteiger partial charge in [-0.1, -0.05) is 18.2 Å². The van der Waals surface area contributed by atoms with Crippen molar-refractivity contribution in [3.05, 3.63) is 59.2 Å². The Morgan fingerprint density at radius 1 is 1.27 bits per heavy atom. The first-order valence-electron chi connectivity index (χ1n) is 8.56. The number of esters is 1. The van der Waals surface area contributed by atoms with Gasteiger partial charge in [-0.25, -0.2) is 4.79 Å². The minimum absolute atomic E-state index is 0.00133. The average molecular weight is 356 g/mol. The molecule has 0 aromatic heterocycles. The quantitative estimate of drug-likeness (QED) is 0.314. The Labute approximate surface area is 153 Å². The number of aromatic hydroxyl groups is 2. The zero-order chi connectivity index (χ0) is 19.3. The van der Waals surface area contributed by atoms with Crippen LogP contribution in [-0.4, -0.2) is 22.0 Å². The van der Waals surface area contributed by atoms with Crippen molar-refractivity contribution in [3.63, 3.8) is 0 Å². The van der Waals surface area contributed by atoms with Crippen molar-refractivity contribution in [3.8, 4) is 11.5 Å². The lowest BCUT2D eigenvalue weighted by atomic mass is 10.0. The second-order valence-corrected chi connectivity index (χ2v) is 6.55. The molecule has 0 saturated heterocycles. The highest BCUT2D eigenvalue weighted by atomic mass is 16.5. The van der Waals surface area contributed by atoms with Crippen LogP contribution in [0.15, 0.2) is 53.6 Å². The van der Waals surface area contributed by atoms with E-state index >= 15 is 0 Å². The first kappa shape index (κ1) is 19.5. The van der Waals surface area contributed by atoms with Gasteiger partial charge in [-0.2, -0.15) is 0 Å². The number of ether oxygens (including phenoxy) is 1. The van der Waals surface area contributed by atoms with Crippen LogP contribution in [0, 0.1) is 0 Å². The molecule has 2 N–H and O–H groups in total. The number of Topliss-reactive ketones (excluding diaryl/α,β-unsaturated/α-hetero) is 1. The Bertz CT molecular complexity index is 786. The van der Waals surface area contributed by atoms with Crippen LogP contribution in [0.2, 0.25) is 0 Å². The van der Waals surface area contributed by atoms with Gasteiger partial charge in [-0.15, -0.1) is 0 Å². The predicted octanol–water partition coefficient (Wildman–Crippen LogP) is 4.27. The molecule has 1 unspecified atom stereocenters. The standard InChI is InChI=1S/C21H24O5/c1-13(2)18(23)9-7-14(3)5-4-6-15-11-20(26-21(15)25)17-12-16(22)8-10-19(17)24/h5,8,10-12,20,22,24H,1,4,6-7,9H2,2-3H3. The van der Waals surface area contributed by atoms with Gasteiger partial charge < -0.3 is 14.9 Å². The van der Waals surface area contributed by atoms with Crippen LogP contribution < -0.4 is 0 Å². The van der Waals surface area contributed by atoms with Gasteiger partial charge in [0, 0.05) is 17.6 Å². The van der Waals surface area contributed by atoms with Crippen LogP contribution in [0.25, 0.3) is 0 Å². The molecular formula is C21H24O5. The van der Waals surface area contributed by atoms with Gasteiger partial charge >= 0.3 is 5.97 Å². The number of carbonyl (C=O) groups excluding carboxylic acids is 2. The SMILES string of the molecule is C=C(C)C(=O)CCC(C)=CCCC1=CC(c2cc(O)ccc2O)OC1=O. The number of ketones is 1. The zero-order valence-corrected chi connectivity index (χ0v) is 15.1. The molecule has 1 atom stereocenters. The van der Waals surface area contributed by atoms with E-state index in [9.17, 15) is 19.8 Å². The van der Waals surface area contributed by atoms with E-state index in [0.29, 0.717) is 42.4 Å². The highest BCUT2D eigenvalue weighted by Gasteiger charge is 2.28. The number of hydrogen-bond acceptors (Lipinski definition) is 5. The summed E-state index contributed by atoms with van der Waals surface area (Å²) in [6, 6.07) is 4.12. The second kappa shape index (κ2) is 8.52. The van der Waals surface area contributed by atoms with E-state index in [2.05, 4.69) is 6.58 Å². The fourth-order valence-electron chi connectivity index (χ4n) is 2.68. The summed E-state index contributed by atoms with van der Waals surface area (Å²) in [5.41, 5.74) is 2.56. The van der Waals surface area contributed by atoms with Gasteiger partial charge in [0.2, 0.25) is 0 Å². The normalized spacial score (nSPS) is 17.0. The molecule has 1 aromatic rings. The number of phenolic OH excluding ortho intramolecular Hbond substituents is 2. The van der Waals surface area contributed by atoms with Crippen molar-refractivity contribution in [2.45, 2.75) is 45.6 Å². The summed E-state index contributed by atoms with van der Waals surface area (Å²) in [7, 11) is 0. The average Bonchev–Trinajstić information content (AvgIpc) is 2.95. The van der Waals surface area contributed by atoms with Gasteiger partial charge in [-0.05, 0) is 63.0 Å². The van der Waals surface area contributed by atoms with Crippen LogP contribution in [0.1, 0.15) is 51.2 Å². The number of hydrogen-bond donors (Lipinski definition) is 2. The molecule has 1 aliphatic rings. The number of carbonyl (C=O) groups is 2. The molecule has 26 heavy (non-hydrogen) atoms. The largest absolute Gasteiger partial charge is 0.508 e. The highest BCUT2D eigenvalue weighted by molar-refractivity contribution is 5.94. The molecule has 2 rings (SSSR count). The van der Waals surface area contributed by atoms with Crippen molar-refractivity contribution >= 4 is 11.8 Å². The minimum Gasteiger partial charge on any atom is -0.508 e. The van der Waals surface area contributed by atoms with Crippen molar-refractivity contribution in [2.75, 3.05) is 0 Å². The fraction of sp³-hybridized carbons (Fsp3) is 0.333. The maximum atomic E-state index is 12.0. The molecule has 0 fully saturated rings. The molecule has 0 bridgehead atoms. The Morgan fingerprint density at radius 2 is 2.00 bits per heavy atom. The van der Waals surface area contributed by atoms with Crippen molar-refractivity contribution in [2.24, 2.45) is 0 Å². The molecule has 5 heteroatoms. The third-order valence-corrected chi connectivity index (χ3v) is 4.30. The summed E-state index contributed by atoms with van der Waals surface area (Å²) in [5.74, 6) is -0.385. The monoisotopic (exact) mass is 356 g/mol. The molecule has 0 spiro atoms. The van der Waals surface area contributed by atoms with Crippen LogP contribution in [-0.2, 0) is 14.3 Å². The third-order valence-electron chi connectivity index (χ3n) is 4.30. The molecule has 0 radical (unpaired) electrons. The Kier molecular flexibility index (Phi) is 6.39. The zero-order valence-electron chi connectivity index (χ0n) is 15.1. The second-order valence-electron chi connectivity index (χ2n) is 6.55. The van der Waals surface area contributed by atoms with Gasteiger partial charge in [0.25, 0.3) is 0 Å². The Hall–Kier alpha value is -2.82. The van der Waals surface area contributed by atoms with Gasteiger partial charge in [0.15, 0.2) is 5.78 Å². The van der Waals surface area contributed by atoms with Gasteiger partial charge in [0.1, 0.15) is 17.6 Å². The topological polar surface area (TPSA) is 83.8 Å². The maximum absolute atomic E-state index is 12.0. The number of allylic oxidation sites excluding steroid dienone is 3. The van der Waals surface area contributed by atoms with Crippen molar-refractivity contribution < 1.29 is 24.5 Å².